The van der Waals surface area contributed by atoms with Gasteiger partial charge in [-0.15, -0.1) is 0 Å². The lowest BCUT2D eigenvalue weighted by atomic mass is 10.2. The SMILES string of the molecule is Cc1nc(N2CCN(C)CC2)ncc1Sc1ccc(C(N)=O)cc1. The van der Waals surface area contributed by atoms with Gasteiger partial charge >= 0.3 is 0 Å². The number of benzene rings is 1. The summed E-state index contributed by atoms with van der Waals surface area (Å²) in [4.78, 5) is 26.9. The van der Waals surface area contributed by atoms with Crippen LogP contribution in [0, 0.1) is 6.92 Å². The van der Waals surface area contributed by atoms with Crippen LogP contribution >= 0.6 is 11.8 Å². The quantitative estimate of drug-likeness (QED) is 0.912. The summed E-state index contributed by atoms with van der Waals surface area (Å²) in [5.41, 5.74) is 6.74. The van der Waals surface area contributed by atoms with Gasteiger partial charge in [-0.1, -0.05) is 11.8 Å². The van der Waals surface area contributed by atoms with E-state index in [1.807, 2.05) is 25.3 Å². The number of hydrogen-bond donors (Lipinski definition) is 1. The zero-order valence-corrected chi connectivity index (χ0v) is 14.7. The summed E-state index contributed by atoms with van der Waals surface area (Å²) in [5, 5.41) is 0. The standard InChI is InChI=1S/C17H21N5OS/c1-12-15(24-14-5-3-13(4-6-14)16(18)23)11-19-17(20-12)22-9-7-21(2)8-10-22/h3-6,11H,7-10H2,1-2H3,(H2,18,23). The summed E-state index contributed by atoms with van der Waals surface area (Å²) >= 11 is 1.59. The molecule has 0 spiro atoms. The van der Waals surface area contributed by atoms with Crippen molar-refractivity contribution in [3.05, 3.63) is 41.7 Å². The Bertz CT molecular complexity index is 726. The molecule has 6 nitrogen and oxygen atoms in total. The summed E-state index contributed by atoms with van der Waals surface area (Å²) in [6.07, 6.45) is 1.88. The molecule has 7 heteroatoms. The number of aromatic nitrogens is 2. The smallest absolute Gasteiger partial charge is 0.248 e. The Morgan fingerprint density at radius 3 is 2.42 bits per heavy atom. The number of aryl methyl sites for hydroxylation is 1. The van der Waals surface area contributed by atoms with Gasteiger partial charge in [0.1, 0.15) is 0 Å². The van der Waals surface area contributed by atoms with E-state index in [2.05, 4.69) is 26.8 Å². The van der Waals surface area contributed by atoms with Gasteiger partial charge in [-0.25, -0.2) is 9.97 Å². The third kappa shape index (κ3) is 3.85. The molecule has 24 heavy (non-hydrogen) atoms. The van der Waals surface area contributed by atoms with Crippen LogP contribution in [0.5, 0.6) is 0 Å². The first-order valence-electron chi connectivity index (χ1n) is 7.88. The van der Waals surface area contributed by atoms with Crippen LogP contribution in [0.15, 0.2) is 40.3 Å². The highest BCUT2D eigenvalue weighted by Crippen LogP contribution is 2.30. The summed E-state index contributed by atoms with van der Waals surface area (Å²) in [5.74, 6) is 0.386. The number of nitrogens with two attached hydrogens (primary N) is 1. The molecule has 0 atom stereocenters. The minimum absolute atomic E-state index is 0.414. The topological polar surface area (TPSA) is 75.3 Å². The van der Waals surface area contributed by atoms with Crippen molar-refractivity contribution in [1.29, 1.82) is 0 Å². The van der Waals surface area contributed by atoms with Crippen molar-refractivity contribution in [1.82, 2.24) is 14.9 Å². The molecule has 0 aliphatic carbocycles. The second-order valence-electron chi connectivity index (χ2n) is 5.90. The molecule has 3 rings (SSSR count). The summed E-state index contributed by atoms with van der Waals surface area (Å²) < 4.78 is 0. The van der Waals surface area contributed by atoms with Crippen molar-refractivity contribution in [3.63, 3.8) is 0 Å². The molecule has 2 heterocycles. The average molecular weight is 343 g/mol. The normalized spacial score (nSPS) is 15.5. The number of piperazine rings is 1. The highest BCUT2D eigenvalue weighted by molar-refractivity contribution is 7.99. The number of nitrogens with zero attached hydrogens (tertiary/aromatic N) is 4. The van der Waals surface area contributed by atoms with Crippen molar-refractivity contribution in [2.45, 2.75) is 16.7 Å². The van der Waals surface area contributed by atoms with Crippen LogP contribution in [0.3, 0.4) is 0 Å². The maximum absolute atomic E-state index is 11.1. The zero-order chi connectivity index (χ0) is 17.1. The number of anilines is 1. The van der Waals surface area contributed by atoms with E-state index < -0.39 is 5.91 Å². The Kier molecular flexibility index (Phi) is 5.01. The highest BCUT2D eigenvalue weighted by atomic mass is 32.2. The number of primary amides is 1. The van der Waals surface area contributed by atoms with Gasteiger partial charge in [-0.3, -0.25) is 4.79 Å². The first-order valence-corrected chi connectivity index (χ1v) is 8.69. The van der Waals surface area contributed by atoms with E-state index in [9.17, 15) is 4.79 Å². The fourth-order valence-electron chi connectivity index (χ4n) is 2.52. The van der Waals surface area contributed by atoms with Crippen molar-refractivity contribution < 1.29 is 4.79 Å². The van der Waals surface area contributed by atoms with Gasteiger partial charge in [0.25, 0.3) is 0 Å². The van der Waals surface area contributed by atoms with Gasteiger partial charge in [0, 0.05) is 42.8 Å². The summed E-state index contributed by atoms with van der Waals surface area (Å²) in [7, 11) is 2.13. The number of amides is 1. The third-order valence-corrected chi connectivity index (χ3v) is 5.20. The number of rotatable bonds is 4. The lowest BCUT2D eigenvalue weighted by Crippen LogP contribution is -2.45. The molecule has 1 saturated heterocycles. The second-order valence-corrected chi connectivity index (χ2v) is 7.02. The van der Waals surface area contributed by atoms with Gasteiger partial charge in [0.15, 0.2) is 0 Å². The molecule has 1 aromatic carbocycles. The molecule has 0 unspecified atom stereocenters. The van der Waals surface area contributed by atoms with Gasteiger partial charge in [-0.05, 0) is 38.2 Å². The van der Waals surface area contributed by atoms with Gasteiger partial charge in [-0.2, -0.15) is 0 Å². The molecule has 0 bridgehead atoms. The highest BCUT2D eigenvalue weighted by Gasteiger charge is 2.17. The molecule has 1 fully saturated rings. The van der Waals surface area contributed by atoms with E-state index >= 15 is 0 Å². The zero-order valence-electron chi connectivity index (χ0n) is 13.9. The van der Waals surface area contributed by atoms with Crippen LogP contribution in [0.1, 0.15) is 16.1 Å². The lowest BCUT2D eigenvalue weighted by Gasteiger charge is -2.32. The fourth-order valence-corrected chi connectivity index (χ4v) is 3.34. The summed E-state index contributed by atoms with van der Waals surface area (Å²) in [6, 6.07) is 7.25. The summed E-state index contributed by atoms with van der Waals surface area (Å²) in [6.45, 7) is 5.98. The van der Waals surface area contributed by atoms with Gasteiger partial charge in [0.05, 0.1) is 10.6 Å². The van der Waals surface area contributed by atoms with E-state index in [0.29, 0.717) is 5.56 Å². The van der Waals surface area contributed by atoms with Crippen molar-refractivity contribution in [3.8, 4) is 0 Å². The molecule has 2 N–H and O–H groups in total. The van der Waals surface area contributed by atoms with Crippen LogP contribution in [0.4, 0.5) is 5.95 Å². The van der Waals surface area contributed by atoms with Gasteiger partial charge in [0.2, 0.25) is 11.9 Å². The molecular formula is C17H21N5OS. The van der Waals surface area contributed by atoms with Crippen LogP contribution < -0.4 is 10.6 Å². The molecule has 2 aromatic rings. The number of hydrogen-bond acceptors (Lipinski definition) is 6. The molecule has 0 radical (unpaired) electrons. The first-order chi connectivity index (χ1) is 11.5. The third-order valence-electron chi connectivity index (χ3n) is 4.07. The lowest BCUT2D eigenvalue weighted by molar-refractivity contribution is 0.1000. The van der Waals surface area contributed by atoms with Crippen molar-refractivity contribution >= 4 is 23.6 Å². The van der Waals surface area contributed by atoms with Crippen molar-refractivity contribution in [2.24, 2.45) is 5.73 Å². The molecule has 1 aliphatic rings. The Morgan fingerprint density at radius 2 is 1.83 bits per heavy atom. The van der Waals surface area contributed by atoms with Crippen molar-refractivity contribution in [2.75, 3.05) is 38.1 Å². The minimum Gasteiger partial charge on any atom is -0.366 e. The average Bonchev–Trinajstić information content (AvgIpc) is 2.58. The van der Waals surface area contributed by atoms with E-state index in [1.54, 1.807) is 23.9 Å². The van der Waals surface area contributed by atoms with Crippen LogP contribution in [0.25, 0.3) is 0 Å². The minimum atomic E-state index is -0.414. The molecule has 0 saturated carbocycles. The number of likely N-dealkylation sites (N-methyl/N-ethyl adjacent to an activating group) is 1. The number of carbonyl (C=O) groups is 1. The molecule has 1 aromatic heterocycles. The Balaban J connectivity index is 1.71. The Hall–Kier alpha value is -2.12. The molecule has 1 amide bonds. The Labute approximate surface area is 146 Å². The monoisotopic (exact) mass is 343 g/mol. The molecule has 1 aliphatic heterocycles. The molecule has 126 valence electrons. The van der Waals surface area contributed by atoms with Crippen LogP contribution in [-0.4, -0.2) is 54.0 Å². The first kappa shape index (κ1) is 16.7. The predicted octanol–water partition coefficient (Wildman–Crippen LogP) is 1.79. The van der Waals surface area contributed by atoms with Crippen LogP contribution in [-0.2, 0) is 0 Å². The Morgan fingerprint density at radius 1 is 1.17 bits per heavy atom. The molecular weight excluding hydrogens is 322 g/mol. The fraction of sp³-hybridized carbons (Fsp3) is 0.353. The number of carbonyl (C=O) groups excluding carboxylic acids is 1. The largest absolute Gasteiger partial charge is 0.366 e. The van der Waals surface area contributed by atoms with E-state index in [-0.39, 0.29) is 0 Å². The predicted molar refractivity (Wildman–Crippen MR) is 95.6 cm³/mol. The maximum atomic E-state index is 11.1. The maximum Gasteiger partial charge on any atom is 0.248 e. The van der Waals surface area contributed by atoms with E-state index in [0.717, 1.165) is 47.6 Å². The van der Waals surface area contributed by atoms with E-state index in [1.165, 1.54) is 0 Å². The van der Waals surface area contributed by atoms with Gasteiger partial charge < -0.3 is 15.5 Å². The second kappa shape index (κ2) is 7.19. The van der Waals surface area contributed by atoms with E-state index in [4.69, 9.17) is 5.73 Å². The van der Waals surface area contributed by atoms with Crippen LogP contribution in [0.2, 0.25) is 0 Å².